The highest BCUT2D eigenvalue weighted by atomic mass is 35.5. The van der Waals surface area contributed by atoms with Crippen LogP contribution in [0.4, 0.5) is 11.4 Å². The monoisotopic (exact) mass is 446 g/mol. The highest BCUT2D eigenvalue weighted by Gasteiger charge is 2.25. The summed E-state index contributed by atoms with van der Waals surface area (Å²) in [6, 6.07) is 18.3. The highest BCUT2D eigenvalue weighted by molar-refractivity contribution is 6.35. The van der Waals surface area contributed by atoms with Gasteiger partial charge >= 0.3 is 0 Å². The molecule has 0 aromatic heterocycles. The van der Waals surface area contributed by atoms with Crippen molar-refractivity contribution in [1.82, 2.24) is 0 Å². The van der Waals surface area contributed by atoms with Crippen molar-refractivity contribution in [1.29, 1.82) is 0 Å². The molecule has 2 atom stereocenters. The first-order valence-corrected chi connectivity index (χ1v) is 9.88. The molecule has 0 saturated carbocycles. The molecule has 0 aliphatic carbocycles. The van der Waals surface area contributed by atoms with Crippen molar-refractivity contribution in [3.05, 3.63) is 98.0 Å². The van der Waals surface area contributed by atoms with Crippen LogP contribution in [0.5, 0.6) is 5.75 Å². The standard InChI is InChI=1S/C22H20Cl2N2O4/c1-30-20-8-4-14(5-9-20)21(13-27)22(15-2-6-19(7-3-15)26(28)29)25-18-11-16(23)10-17(24)12-18/h2-12,21-22,25,27H,13H2,1H3/t21-,22-/m1/s1. The number of nitrogens with one attached hydrogen (secondary N) is 1. The minimum atomic E-state index is -0.448. The van der Waals surface area contributed by atoms with Gasteiger partial charge in [-0.05, 0) is 41.5 Å². The SMILES string of the molecule is COc1ccc([C@@H](CO)[C@H](Nc2cc(Cl)cc(Cl)c2)c2ccc([N+](=O)[O-])cc2)cc1. The maximum absolute atomic E-state index is 11.0. The summed E-state index contributed by atoms with van der Waals surface area (Å²) in [5.41, 5.74) is 2.31. The zero-order valence-electron chi connectivity index (χ0n) is 16.1. The van der Waals surface area contributed by atoms with Crippen molar-refractivity contribution < 1.29 is 14.8 Å². The van der Waals surface area contributed by atoms with E-state index in [-0.39, 0.29) is 18.2 Å². The summed E-state index contributed by atoms with van der Waals surface area (Å²) in [4.78, 5) is 10.6. The summed E-state index contributed by atoms with van der Waals surface area (Å²) in [6.07, 6.45) is 0. The average molecular weight is 447 g/mol. The highest BCUT2D eigenvalue weighted by Crippen LogP contribution is 2.36. The number of anilines is 1. The summed E-state index contributed by atoms with van der Waals surface area (Å²) >= 11 is 12.3. The molecule has 0 spiro atoms. The molecule has 0 amide bonds. The lowest BCUT2D eigenvalue weighted by atomic mass is 9.87. The van der Waals surface area contributed by atoms with Crippen LogP contribution in [0.3, 0.4) is 0 Å². The first-order chi connectivity index (χ1) is 14.4. The third kappa shape index (κ3) is 5.21. The van der Waals surface area contributed by atoms with Gasteiger partial charge < -0.3 is 15.2 Å². The number of rotatable bonds is 8. The minimum Gasteiger partial charge on any atom is -0.497 e. The molecular formula is C22H20Cl2N2O4. The van der Waals surface area contributed by atoms with Gasteiger partial charge in [-0.2, -0.15) is 0 Å². The van der Waals surface area contributed by atoms with E-state index >= 15 is 0 Å². The fraction of sp³-hybridized carbons (Fsp3) is 0.182. The summed E-state index contributed by atoms with van der Waals surface area (Å²) in [5, 5.41) is 25.6. The molecule has 0 radical (unpaired) electrons. The number of benzene rings is 3. The van der Waals surface area contributed by atoms with Crippen LogP contribution in [0.1, 0.15) is 23.1 Å². The molecular weight excluding hydrogens is 427 g/mol. The van der Waals surface area contributed by atoms with Crippen molar-refractivity contribution >= 4 is 34.6 Å². The lowest BCUT2D eigenvalue weighted by molar-refractivity contribution is -0.384. The van der Waals surface area contributed by atoms with E-state index < -0.39 is 11.0 Å². The van der Waals surface area contributed by atoms with Crippen LogP contribution in [0, 0.1) is 10.1 Å². The Morgan fingerprint density at radius 2 is 1.57 bits per heavy atom. The van der Waals surface area contributed by atoms with Crippen LogP contribution in [0.15, 0.2) is 66.7 Å². The summed E-state index contributed by atoms with van der Waals surface area (Å²) in [7, 11) is 1.59. The summed E-state index contributed by atoms with van der Waals surface area (Å²) < 4.78 is 5.21. The minimum absolute atomic E-state index is 0.00621. The van der Waals surface area contributed by atoms with E-state index in [1.165, 1.54) is 12.1 Å². The second kappa shape index (κ2) is 9.80. The second-order valence-electron chi connectivity index (χ2n) is 6.69. The zero-order valence-corrected chi connectivity index (χ0v) is 17.6. The Hall–Kier alpha value is -2.80. The number of aliphatic hydroxyl groups excluding tert-OH is 1. The number of halogens is 2. The predicted octanol–water partition coefficient (Wildman–Crippen LogP) is 5.84. The molecule has 0 bridgehead atoms. The van der Waals surface area contributed by atoms with Crippen LogP contribution in [-0.4, -0.2) is 23.7 Å². The van der Waals surface area contributed by atoms with Crippen molar-refractivity contribution in [2.24, 2.45) is 0 Å². The number of nitro benzene ring substituents is 1. The van der Waals surface area contributed by atoms with Gasteiger partial charge in [0.25, 0.3) is 5.69 Å². The molecule has 0 aliphatic rings. The van der Waals surface area contributed by atoms with Crippen LogP contribution >= 0.6 is 23.2 Å². The van der Waals surface area contributed by atoms with Gasteiger partial charge in [0.15, 0.2) is 0 Å². The topological polar surface area (TPSA) is 84.6 Å². The first kappa shape index (κ1) is 21.9. The number of nitrogens with zero attached hydrogens (tertiary/aromatic N) is 1. The van der Waals surface area contributed by atoms with Crippen molar-refractivity contribution in [2.45, 2.75) is 12.0 Å². The van der Waals surface area contributed by atoms with Gasteiger partial charge in [-0.15, -0.1) is 0 Å². The Kier molecular flexibility index (Phi) is 7.15. The van der Waals surface area contributed by atoms with E-state index in [1.807, 2.05) is 24.3 Å². The molecule has 0 unspecified atom stereocenters. The van der Waals surface area contributed by atoms with Crippen molar-refractivity contribution in [3.8, 4) is 5.75 Å². The molecule has 3 aromatic carbocycles. The van der Waals surface area contributed by atoms with Gasteiger partial charge in [-0.3, -0.25) is 10.1 Å². The van der Waals surface area contributed by atoms with Crippen LogP contribution in [0.2, 0.25) is 10.0 Å². The summed E-state index contributed by atoms with van der Waals surface area (Å²) in [6.45, 7) is -0.157. The molecule has 0 heterocycles. The predicted molar refractivity (Wildman–Crippen MR) is 119 cm³/mol. The van der Waals surface area contributed by atoms with E-state index in [1.54, 1.807) is 37.4 Å². The Balaban J connectivity index is 2.02. The Bertz CT molecular complexity index is 990. The Morgan fingerprint density at radius 3 is 2.07 bits per heavy atom. The maximum Gasteiger partial charge on any atom is 0.269 e. The molecule has 30 heavy (non-hydrogen) atoms. The molecule has 6 nitrogen and oxygen atoms in total. The van der Waals surface area contributed by atoms with Gasteiger partial charge in [0.2, 0.25) is 0 Å². The molecule has 2 N–H and O–H groups in total. The van der Waals surface area contributed by atoms with Gasteiger partial charge in [-0.1, -0.05) is 47.5 Å². The molecule has 3 aromatic rings. The quantitative estimate of drug-likeness (QED) is 0.335. The molecule has 0 aliphatic heterocycles. The molecule has 3 rings (SSSR count). The lowest BCUT2D eigenvalue weighted by Gasteiger charge is -2.29. The Morgan fingerprint density at radius 1 is 1.00 bits per heavy atom. The number of hydrogen-bond donors (Lipinski definition) is 2. The second-order valence-corrected chi connectivity index (χ2v) is 7.56. The van der Waals surface area contributed by atoms with E-state index in [4.69, 9.17) is 27.9 Å². The first-order valence-electron chi connectivity index (χ1n) is 9.13. The van der Waals surface area contributed by atoms with E-state index in [2.05, 4.69) is 5.32 Å². The zero-order chi connectivity index (χ0) is 21.7. The van der Waals surface area contributed by atoms with Crippen LogP contribution in [-0.2, 0) is 0 Å². The van der Waals surface area contributed by atoms with Crippen LogP contribution in [0.25, 0.3) is 0 Å². The number of ether oxygens (including phenoxy) is 1. The van der Waals surface area contributed by atoms with Gasteiger partial charge in [-0.25, -0.2) is 0 Å². The largest absolute Gasteiger partial charge is 0.497 e. The van der Waals surface area contributed by atoms with Crippen LogP contribution < -0.4 is 10.1 Å². The normalized spacial score (nSPS) is 12.8. The number of methoxy groups -OCH3 is 1. The smallest absolute Gasteiger partial charge is 0.269 e. The molecule has 0 fully saturated rings. The fourth-order valence-corrected chi connectivity index (χ4v) is 3.82. The molecule has 8 heteroatoms. The van der Waals surface area contributed by atoms with Crippen molar-refractivity contribution in [3.63, 3.8) is 0 Å². The number of nitro groups is 1. The number of non-ortho nitro benzene ring substituents is 1. The lowest BCUT2D eigenvalue weighted by Crippen LogP contribution is -2.22. The molecule has 156 valence electrons. The van der Waals surface area contributed by atoms with E-state index in [9.17, 15) is 15.2 Å². The van der Waals surface area contributed by atoms with E-state index in [0.29, 0.717) is 21.5 Å². The van der Waals surface area contributed by atoms with E-state index in [0.717, 1.165) is 11.1 Å². The number of aliphatic hydroxyl groups is 1. The van der Waals surface area contributed by atoms with Gasteiger partial charge in [0, 0.05) is 33.8 Å². The number of hydrogen-bond acceptors (Lipinski definition) is 5. The third-order valence-electron chi connectivity index (χ3n) is 4.79. The fourth-order valence-electron chi connectivity index (χ4n) is 3.29. The average Bonchev–Trinajstić information content (AvgIpc) is 2.73. The third-order valence-corrected chi connectivity index (χ3v) is 5.23. The van der Waals surface area contributed by atoms with Crippen molar-refractivity contribution in [2.75, 3.05) is 19.0 Å². The van der Waals surface area contributed by atoms with Gasteiger partial charge in [0.1, 0.15) is 5.75 Å². The molecule has 0 saturated heterocycles. The Labute approximate surface area is 184 Å². The maximum atomic E-state index is 11.0. The summed E-state index contributed by atoms with van der Waals surface area (Å²) in [5.74, 6) is 0.354. The van der Waals surface area contributed by atoms with Gasteiger partial charge in [0.05, 0.1) is 24.7 Å².